The summed E-state index contributed by atoms with van der Waals surface area (Å²) in [5.41, 5.74) is 1.24. The van der Waals surface area contributed by atoms with Crippen LogP contribution in [0.25, 0.3) is 0 Å². The number of thiophene rings is 1. The highest BCUT2D eigenvalue weighted by Gasteiger charge is 2.14. The van der Waals surface area contributed by atoms with E-state index in [-0.39, 0.29) is 5.91 Å². The fraction of sp³-hybridized carbons (Fsp3) is 0.500. The van der Waals surface area contributed by atoms with Crippen molar-refractivity contribution >= 4 is 29.0 Å². The highest BCUT2D eigenvalue weighted by molar-refractivity contribution is 7.99. The Morgan fingerprint density at radius 2 is 2.29 bits per heavy atom. The SMILES string of the molecule is Cc1ccsc1CN(C)C(=O)CSc1nncn1C(C)C. The highest BCUT2D eigenvalue weighted by atomic mass is 32.2. The molecule has 0 spiro atoms. The first-order chi connectivity index (χ1) is 9.99. The maximum absolute atomic E-state index is 12.2. The minimum atomic E-state index is 0.103. The largest absolute Gasteiger partial charge is 0.340 e. The summed E-state index contributed by atoms with van der Waals surface area (Å²) in [6.07, 6.45) is 1.70. The molecule has 0 aromatic carbocycles. The third kappa shape index (κ3) is 4.07. The minimum Gasteiger partial charge on any atom is -0.340 e. The summed E-state index contributed by atoms with van der Waals surface area (Å²) >= 11 is 3.13. The molecule has 2 aromatic heterocycles. The van der Waals surface area contributed by atoms with Gasteiger partial charge in [0.1, 0.15) is 6.33 Å². The number of nitrogens with zero attached hydrogens (tertiary/aromatic N) is 4. The van der Waals surface area contributed by atoms with Crippen LogP contribution >= 0.6 is 23.1 Å². The van der Waals surface area contributed by atoms with Crippen LogP contribution in [-0.2, 0) is 11.3 Å². The van der Waals surface area contributed by atoms with Gasteiger partial charge in [0, 0.05) is 18.0 Å². The monoisotopic (exact) mass is 324 g/mol. The van der Waals surface area contributed by atoms with Gasteiger partial charge in [-0.25, -0.2) is 0 Å². The Morgan fingerprint density at radius 3 is 2.90 bits per heavy atom. The number of amides is 1. The van der Waals surface area contributed by atoms with Crippen molar-refractivity contribution in [1.82, 2.24) is 19.7 Å². The molecule has 0 aliphatic heterocycles. The Morgan fingerprint density at radius 1 is 1.52 bits per heavy atom. The van der Waals surface area contributed by atoms with Gasteiger partial charge >= 0.3 is 0 Å². The Hall–Kier alpha value is -1.34. The van der Waals surface area contributed by atoms with E-state index < -0.39 is 0 Å². The molecule has 0 aliphatic rings. The number of carbonyl (C=O) groups excluding carboxylic acids is 1. The molecule has 0 unspecified atom stereocenters. The van der Waals surface area contributed by atoms with Crippen LogP contribution in [0, 0.1) is 6.92 Å². The van der Waals surface area contributed by atoms with Gasteiger partial charge in [-0.2, -0.15) is 0 Å². The third-order valence-electron chi connectivity index (χ3n) is 3.20. The fourth-order valence-electron chi connectivity index (χ4n) is 1.80. The van der Waals surface area contributed by atoms with E-state index in [9.17, 15) is 4.79 Å². The minimum absolute atomic E-state index is 0.103. The average Bonchev–Trinajstić information content (AvgIpc) is 3.05. The van der Waals surface area contributed by atoms with Crippen LogP contribution in [0.5, 0.6) is 0 Å². The molecule has 1 amide bonds. The van der Waals surface area contributed by atoms with Gasteiger partial charge in [-0.1, -0.05) is 11.8 Å². The smallest absolute Gasteiger partial charge is 0.233 e. The number of hydrogen-bond donors (Lipinski definition) is 0. The Balaban J connectivity index is 1.89. The van der Waals surface area contributed by atoms with Crippen molar-refractivity contribution < 1.29 is 4.79 Å². The van der Waals surface area contributed by atoms with Crippen molar-refractivity contribution in [2.75, 3.05) is 12.8 Å². The highest BCUT2D eigenvalue weighted by Crippen LogP contribution is 2.21. The molecule has 0 N–H and O–H groups in total. The zero-order chi connectivity index (χ0) is 15.4. The van der Waals surface area contributed by atoms with Crippen molar-refractivity contribution in [2.24, 2.45) is 0 Å². The quantitative estimate of drug-likeness (QED) is 0.767. The van der Waals surface area contributed by atoms with Gasteiger partial charge in [0.15, 0.2) is 5.16 Å². The fourth-order valence-corrected chi connectivity index (χ4v) is 3.74. The summed E-state index contributed by atoms with van der Waals surface area (Å²) in [5, 5.41) is 10.8. The van der Waals surface area contributed by atoms with E-state index in [1.54, 1.807) is 22.6 Å². The molecule has 2 aromatic rings. The van der Waals surface area contributed by atoms with E-state index >= 15 is 0 Å². The summed E-state index contributed by atoms with van der Waals surface area (Å²) in [6, 6.07) is 2.38. The molecule has 0 saturated carbocycles. The molecule has 114 valence electrons. The van der Waals surface area contributed by atoms with Gasteiger partial charge in [0.25, 0.3) is 0 Å². The first-order valence-electron chi connectivity index (χ1n) is 6.78. The van der Waals surface area contributed by atoms with Crippen LogP contribution < -0.4 is 0 Å². The lowest BCUT2D eigenvalue weighted by molar-refractivity contribution is -0.127. The van der Waals surface area contributed by atoms with Crippen LogP contribution in [-0.4, -0.2) is 38.4 Å². The molecule has 21 heavy (non-hydrogen) atoms. The van der Waals surface area contributed by atoms with Crippen LogP contribution in [0.3, 0.4) is 0 Å². The van der Waals surface area contributed by atoms with Gasteiger partial charge < -0.3 is 9.47 Å². The molecule has 7 heteroatoms. The second-order valence-electron chi connectivity index (χ2n) is 5.18. The van der Waals surface area contributed by atoms with Gasteiger partial charge in [-0.3, -0.25) is 4.79 Å². The van der Waals surface area contributed by atoms with Crippen molar-refractivity contribution in [1.29, 1.82) is 0 Å². The van der Waals surface area contributed by atoms with Crippen molar-refractivity contribution in [3.8, 4) is 0 Å². The summed E-state index contributed by atoms with van der Waals surface area (Å²) < 4.78 is 1.97. The molecule has 5 nitrogen and oxygen atoms in total. The molecule has 2 heterocycles. The van der Waals surface area contributed by atoms with E-state index in [1.807, 2.05) is 11.6 Å². The zero-order valence-corrected chi connectivity index (χ0v) is 14.4. The van der Waals surface area contributed by atoms with Crippen LogP contribution in [0.2, 0.25) is 0 Å². The molecule has 0 fully saturated rings. The average molecular weight is 324 g/mol. The number of hydrogen-bond acceptors (Lipinski definition) is 5. The predicted molar refractivity (Wildman–Crippen MR) is 86.7 cm³/mol. The van der Waals surface area contributed by atoms with E-state index in [1.165, 1.54) is 22.2 Å². The van der Waals surface area contributed by atoms with Crippen molar-refractivity contribution in [3.63, 3.8) is 0 Å². The number of aromatic nitrogens is 3. The second-order valence-corrected chi connectivity index (χ2v) is 7.12. The third-order valence-corrected chi connectivity index (χ3v) is 5.15. The number of thioether (sulfide) groups is 1. The van der Waals surface area contributed by atoms with Crippen LogP contribution in [0.1, 0.15) is 30.3 Å². The number of aryl methyl sites for hydroxylation is 1. The molecule has 0 radical (unpaired) electrons. The first kappa shape index (κ1) is 16.0. The van der Waals surface area contributed by atoms with Gasteiger partial charge in [0.05, 0.1) is 12.3 Å². The summed E-state index contributed by atoms with van der Waals surface area (Å²) in [6.45, 7) is 6.88. The molecule has 2 rings (SSSR count). The number of rotatable bonds is 6. The van der Waals surface area contributed by atoms with Crippen molar-refractivity contribution in [2.45, 2.75) is 38.5 Å². The normalized spacial score (nSPS) is 11.1. The first-order valence-corrected chi connectivity index (χ1v) is 8.64. The van der Waals surface area contributed by atoms with Crippen LogP contribution in [0.4, 0.5) is 0 Å². The number of carbonyl (C=O) groups is 1. The van der Waals surface area contributed by atoms with Gasteiger partial charge in [-0.05, 0) is 37.8 Å². The van der Waals surface area contributed by atoms with E-state index in [0.717, 1.165) is 5.16 Å². The molecule has 0 aliphatic carbocycles. The maximum atomic E-state index is 12.2. The van der Waals surface area contributed by atoms with E-state index in [0.29, 0.717) is 18.3 Å². The van der Waals surface area contributed by atoms with E-state index in [2.05, 4.69) is 42.4 Å². The lowest BCUT2D eigenvalue weighted by Gasteiger charge is -2.17. The topological polar surface area (TPSA) is 51.0 Å². The second kappa shape index (κ2) is 7.09. The predicted octanol–water partition coefficient (Wildman–Crippen LogP) is 2.98. The Kier molecular flexibility index (Phi) is 5.41. The summed E-state index contributed by atoms with van der Waals surface area (Å²) in [7, 11) is 1.84. The summed E-state index contributed by atoms with van der Waals surface area (Å²) in [4.78, 5) is 15.2. The Labute approximate surface area is 133 Å². The lowest BCUT2D eigenvalue weighted by Crippen LogP contribution is -2.27. The summed E-state index contributed by atoms with van der Waals surface area (Å²) in [5.74, 6) is 0.484. The lowest BCUT2D eigenvalue weighted by atomic mass is 10.3. The molecule has 0 bridgehead atoms. The van der Waals surface area contributed by atoms with Gasteiger partial charge in [0.2, 0.25) is 5.91 Å². The maximum Gasteiger partial charge on any atom is 0.233 e. The van der Waals surface area contributed by atoms with E-state index in [4.69, 9.17) is 0 Å². The molecule has 0 saturated heterocycles. The Bertz CT molecular complexity index is 606. The zero-order valence-electron chi connectivity index (χ0n) is 12.7. The van der Waals surface area contributed by atoms with Crippen LogP contribution in [0.15, 0.2) is 22.9 Å². The standard InChI is InChI=1S/C14H20N4OS2/c1-10(2)18-9-15-16-14(18)21-8-13(19)17(4)7-12-11(3)5-6-20-12/h5-6,9-10H,7-8H2,1-4H3. The molecular formula is C14H20N4OS2. The molecular weight excluding hydrogens is 304 g/mol. The molecule has 0 atom stereocenters. The van der Waals surface area contributed by atoms with Crippen molar-refractivity contribution in [3.05, 3.63) is 28.2 Å². The van der Waals surface area contributed by atoms with Gasteiger partial charge in [-0.15, -0.1) is 21.5 Å².